The molecule has 1 aliphatic heterocycles. The lowest BCUT2D eigenvalue weighted by Crippen LogP contribution is -2.30. The third kappa shape index (κ3) is 2.57. The molecule has 120 valence electrons. The van der Waals surface area contributed by atoms with E-state index in [-0.39, 0.29) is 21.0 Å². The van der Waals surface area contributed by atoms with Gasteiger partial charge in [-0.25, -0.2) is 21.5 Å². The molecule has 3 rings (SSSR count). The van der Waals surface area contributed by atoms with Crippen molar-refractivity contribution in [2.45, 2.75) is 17.9 Å². The predicted octanol–water partition coefficient (Wildman–Crippen LogP) is 3.02. The van der Waals surface area contributed by atoms with E-state index in [9.17, 15) is 22.0 Å². The summed E-state index contributed by atoms with van der Waals surface area (Å²) in [5.74, 6) is -0.792. The third-order valence-electron chi connectivity index (χ3n) is 3.46. The zero-order valence-electron chi connectivity index (χ0n) is 11.4. The number of rotatable bonds is 3. The van der Waals surface area contributed by atoms with E-state index in [4.69, 9.17) is 11.6 Å². The summed E-state index contributed by atoms with van der Waals surface area (Å²) in [5.41, 5.74) is -0.458. The minimum absolute atomic E-state index is 0.0193. The Morgan fingerprint density at radius 1 is 1.26 bits per heavy atom. The first-order valence-corrected chi connectivity index (χ1v) is 8.21. The molecule has 1 amide bonds. The number of hydrogen-bond donors (Lipinski definition) is 0. The van der Waals surface area contributed by atoms with Gasteiger partial charge in [-0.1, -0.05) is 11.6 Å². The molecule has 9 heteroatoms. The van der Waals surface area contributed by atoms with E-state index in [1.807, 2.05) is 0 Å². The van der Waals surface area contributed by atoms with E-state index in [1.165, 1.54) is 30.5 Å². The van der Waals surface area contributed by atoms with Crippen molar-refractivity contribution in [3.8, 4) is 0 Å². The largest absolute Gasteiger partial charge is 0.269 e. The van der Waals surface area contributed by atoms with Gasteiger partial charge in [-0.15, -0.1) is 0 Å². The number of alkyl halides is 2. The minimum atomic E-state index is -4.09. The Bertz CT molecular complexity index is 903. The Morgan fingerprint density at radius 2 is 2.00 bits per heavy atom. The number of amides is 1. The Morgan fingerprint density at radius 3 is 2.70 bits per heavy atom. The van der Waals surface area contributed by atoms with Gasteiger partial charge in [0, 0.05) is 23.0 Å². The van der Waals surface area contributed by atoms with E-state index >= 15 is 0 Å². The fourth-order valence-electron chi connectivity index (χ4n) is 2.34. The number of benzene rings is 1. The summed E-state index contributed by atoms with van der Waals surface area (Å²) in [7, 11) is -4.09. The smallest absolute Gasteiger partial charge is 0.268 e. The van der Waals surface area contributed by atoms with Gasteiger partial charge in [-0.3, -0.25) is 9.78 Å². The molecule has 0 N–H and O–H groups in total. The Hall–Kier alpha value is -2.06. The molecule has 23 heavy (non-hydrogen) atoms. The number of nitrogens with zero attached hydrogens (tertiary/aromatic N) is 2. The first kappa shape index (κ1) is 15.8. The highest BCUT2D eigenvalue weighted by Crippen LogP contribution is 2.34. The van der Waals surface area contributed by atoms with E-state index in [1.54, 1.807) is 0 Å². The van der Waals surface area contributed by atoms with E-state index in [0.717, 1.165) is 6.20 Å². The van der Waals surface area contributed by atoms with Gasteiger partial charge in [-0.2, -0.15) is 0 Å². The molecule has 0 radical (unpaired) electrons. The van der Waals surface area contributed by atoms with Crippen LogP contribution in [0, 0.1) is 0 Å². The van der Waals surface area contributed by atoms with Crippen LogP contribution in [0.15, 0.2) is 41.6 Å². The lowest BCUT2D eigenvalue weighted by Gasteiger charge is -2.17. The summed E-state index contributed by atoms with van der Waals surface area (Å²) < 4.78 is 51.5. The van der Waals surface area contributed by atoms with Gasteiger partial charge in [0.1, 0.15) is 4.90 Å². The molecular formula is C14H9ClF2N2O3S. The third-order valence-corrected chi connectivity index (χ3v) is 5.48. The van der Waals surface area contributed by atoms with Gasteiger partial charge in [0.25, 0.3) is 22.4 Å². The van der Waals surface area contributed by atoms with Crippen LogP contribution < -0.4 is 0 Å². The summed E-state index contributed by atoms with van der Waals surface area (Å²) in [6, 6.07) is 5.09. The first-order valence-electron chi connectivity index (χ1n) is 6.40. The number of fused-ring (bicyclic) bond motifs is 1. The number of carbonyl (C=O) groups is 1. The van der Waals surface area contributed by atoms with Crippen LogP contribution >= 0.6 is 11.6 Å². The number of pyridine rings is 1. The molecule has 0 saturated heterocycles. The number of carbonyl (C=O) groups excluding carboxylic acids is 1. The number of hydrogen-bond acceptors (Lipinski definition) is 4. The second-order valence-corrected chi connectivity index (χ2v) is 7.10. The van der Waals surface area contributed by atoms with E-state index < -0.39 is 34.5 Å². The molecule has 1 aliphatic rings. The fraction of sp³-hybridized carbons (Fsp3) is 0.143. The van der Waals surface area contributed by atoms with Crippen molar-refractivity contribution < 1.29 is 22.0 Å². The molecular weight excluding hydrogens is 350 g/mol. The summed E-state index contributed by atoms with van der Waals surface area (Å²) in [5, 5.41) is 0.214. The van der Waals surface area contributed by atoms with Crippen LogP contribution in [0.1, 0.15) is 27.9 Å². The fourth-order valence-corrected chi connectivity index (χ4v) is 4.04. The first-order chi connectivity index (χ1) is 10.8. The SMILES string of the molecule is O=C1c2cc(Cl)ccc2S(=O)(=O)N1Cc1ccncc1C(F)F. The maximum Gasteiger partial charge on any atom is 0.269 e. The highest BCUT2D eigenvalue weighted by atomic mass is 35.5. The number of halogens is 3. The zero-order chi connectivity index (χ0) is 16.8. The van der Waals surface area contributed by atoms with Crippen molar-refractivity contribution >= 4 is 27.5 Å². The van der Waals surface area contributed by atoms with Crippen LogP contribution in [0.5, 0.6) is 0 Å². The van der Waals surface area contributed by atoms with Gasteiger partial charge in [0.2, 0.25) is 0 Å². The van der Waals surface area contributed by atoms with Crippen LogP contribution in [0.4, 0.5) is 8.78 Å². The van der Waals surface area contributed by atoms with Crippen molar-refractivity contribution in [3.63, 3.8) is 0 Å². The Balaban J connectivity index is 2.05. The number of sulfonamides is 1. The average Bonchev–Trinajstić information content (AvgIpc) is 2.68. The van der Waals surface area contributed by atoms with Crippen molar-refractivity contribution in [3.05, 3.63) is 58.4 Å². The van der Waals surface area contributed by atoms with Crippen molar-refractivity contribution in [1.82, 2.24) is 9.29 Å². The lowest BCUT2D eigenvalue weighted by atomic mass is 10.1. The predicted molar refractivity (Wildman–Crippen MR) is 77.7 cm³/mol. The topological polar surface area (TPSA) is 67.3 Å². The van der Waals surface area contributed by atoms with Crippen molar-refractivity contribution in [1.29, 1.82) is 0 Å². The lowest BCUT2D eigenvalue weighted by molar-refractivity contribution is 0.0862. The minimum Gasteiger partial charge on any atom is -0.268 e. The summed E-state index contributed by atoms with van der Waals surface area (Å²) in [4.78, 5) is 15.8. The monoisotopic (exact) mass is 358 g/mol. The molecule has 0 saturated carbocycles. The molecule has 5 nitrogen and oxygen atoms in total. The van der Waals surface area contributed by atoms with Crippen LogP contribution in [0.2, 0.25) is 5.02 Å². The maximum atomic E-state index is 13.0. The standard InChI is InChI=1S/C14H9ClF2N2O3S/c15-9-1-2-12-10(5-9)14(20)19(23(12,21)22)7-8-3-4-18-6-11(8)13(16)17/h1-6,13H,7H2. The number of aromatic nitrogens is 1. The average molecular weight is 359 g/mol. The van der Waals surface area contributed by atoms with Crippen LogP contribution in [0.25, 0.3) is 0 Å². The van der Waals surface area contributed by atoms with Crippen molar-refractivity contribution in [2.24, 2.45) is 0 Å². The second kappa shape index (κ2) is 5.54. The van der Waals surface area contributed by atoms with Gasteiger partial charge >= 0.3 is 0 Å². The highest BCUT2D eigenvalue weighted by Gasteiger charge is 2.41. The normalized spacial score (nSPS) is 16.0. The zero-order valence-corrected chi connectivity index (χ0v) is 13.0. The molecule has 2 heterocycles. The maximum absolute atomic E-state index is 13.0. The van der Waals surface area contributed by atoms with Gasteiger partial charge in [0.05, 0.1) is 12.1 Å². The molecule has 0 unspecified atom stereocenters. The molecule has 0 aliphatic carbocycles. The molecule has 2 aromatic rings. The summed E-state index contributed by atoms with van der Waals surface area (Å²) in [6.45, 7) is -0.490. The molecule has 1 aromatic heterocycles. The summed E-state index contributed by atoms with van der Waals surface area (Å²) >= 11 is 5.78. The van der Waals surface area contributed by atoms with E-state index in [0.29, 0.717) is 4.31 Å². The molecule has 0 fully saturated rings. The Labute approximate surface area is 135 Å². The van der Waals surface area contributed by atoms with Gasteiger partial charge in [-0.05, 0) is 29.8 Å². The van der Waals surface area contributed by atoms with Crippen LogP contribution in [-0.4, -0.2) is 23.6 Å². The highest BCUT2D eigenvalue weighted by molar-refractivity contribution is 7.90. The van der Waals surface area contributed by atoms with E-state index in [2.05, 4.69) is 4.98 Å². The second-order valence-electron chi connectivity index (χ2n) is 4.83. The molecule has 1 aromatic carbocycles. The van der Waals surface area contributed by atoms with Crippen molar-refractivity contribution in [2.75, 3.05) is 0 Å². The quantitative estimate of drug-likeness (QED) is 0.845. The Kier molecular flexibility index (Phi) is 3.81. The van der Waals surface area contributed by atoms with Gasteiger partial charge < -0.3 is 0 Å². The van der Waals surface area contributed by atoms with Crippen LogP contribution in [-0.2, 0) is 16.6 Å². The molecule has 0 bridgehead atoms. The molecule has 0 atom stereocenters. The molecule has 0 spiro atoms. The van der Waals surface area contributed by atoms with Gasteiger partial charge in [0.15, 0.2) is 0 Å². The van der Waals surface area contributed by atoms with Crippen LogP contribution in [0.3, 0.4) is 0 Å². The summed E-state index contributed by atoms with van der Waals surface area (Å²) in [6.07, 6.45) is -0.605.